The number of amides is 3. The summed E-state index contributed by atoms with van der Waals surface area (Å²) in [5.41, 5.74) is 2.87. The lowest BCUT2D eigenvalue weighted by atomic mass is 9.73. The third-order valence-corrected chi connectivity index (χ3v) is 5.82. The predicted molar refractivity (Wildman–Crippen MR) is 98.3 cm³/mol. The van der Waals surface area contributed by atoms with Gasteiger partial charge in [-0.25, -0.2) is 5.43 Å². The van der Waals surface area contributed by atoms with Crippen LogP contribution in [-0.2, 0) is 14.4 Å². The third kappa shape index (κ3) is 4.24. The van der Waals surface area contributed by atoms with E-state index in [0.29, 0.717) is 37.4 Å². The molecule has 0 aliphatic carbocycles. The van der Waals surface area contributed by atoms with Gasteiger partial charge in [0.25, 0.3) is 5.91 Å². The molecule has 0 aromatic heterocycles. The van der Waals surface area contributed by atoms with Crippen LogP contribution in [0, 0.1) is 11.3 Å². The number of hydrogen-bond donors (Lipinski definition) is 1. The van der Waals surface area contributed by atoms with Gasteiger partial charge in [0, 0.05) is 50.9 Å². The number of hydrazone groups is 1. The molecule has 1 atom stereocenters. The normalized spacial score (nSPS) is 27.0. The summed E-state index contributed by atoms with van der Waals surface area (Å²) >= 11 is 0. The number of piperidine rings is 2. The van der Waals surface area contributed by atoms with Gasteiger partial charge in [-0.2, -0.15) is 5.10 Å². The van der Waals surface area contributed by atoms with Gasteiger partial charge in [-0.15, -0.1) is 0 Å². The van der Waals surface area contributed by atoms with Crippen molar-refractivity contribution in [1.82, 2.24) is 15.2 Å². The van der Waals surface area contributed by atoms with Crippen LogP contribution in [0.15, 0.2) is 5.10 Å². The van der Waals surface area contributed by atoms with Gasteiger partial charge < -0.3 is 9.80 Å². The fourth-order valence-electron chi connectivity index (χ4n) is 4.25. The highest BCUT2D eigenvalue weighted by Gasteiger charge is 2.43. The van der Waals surface area contributed by atoms with Gasteiger partial charge in [0.15, 0.2) is 0 Å². The molecule has 1 spiro atoms. The maximum atomic E-state index is 12.8. The Kier molecular flexibility index (Phi) is 5.63. The zero-order valence-electron chi connectivity index (χ0n) is 15.9. The molecule has 7 heteroatoms. The summed E-state index contributed by atoms with van der Waals surface area (Å²) in [5, 5.41) is 3.96. The van der Waals surface area contributed by atoms with Gasteiger partial charge in [-0.05, 0) is 31.6 Å². The second kappa shape index (κ2) is 7.76. The quantitative estimate of drug-likeness (QED) is 0.823. The predicted octanol–water partition coefficient (Wildman–Crippen LogP) is 1.53. The van der Waals surface area contributed by atoms with Gasteiger partial charge in [0.2, 0.25) is 11.8 Å². The van der Waals surface area contributed by atoms with Crippen molar-refractivity contribution < 1.29 is 14.4 Å². The van der Waals surface area contributed by atoms with E-state index in [-0.39, 0.29) is 23.1 Å². The molecule has 3 heterocycles. The van der Waals surface area contributed by atoms with E-state index >= 15 is 0 Å². The lowest BCUT2D eigenvalue weighted by Gasteiger charge is -2.48. The molecule has 3 aliphatic heterocycles. The van der Waals surface area contributed by atoms with Gasteiger partial charge in [-0.1, -0.05) is 13.8 Å². The van der Waals surface area contributed by atoms with Gasteiger partial charge >= 0.3 is 0 Å². The summed E-state index contributed by atoms with van der Waals surface area (Å²) in [6.07, 6.45) is 5.20. The number of hydrogen-bond acceptors (Lipinski definition) is 4. The van der Waals surface area contributed by atoms with Crippen molar-refractivity contribution in [3.8, 4) is 0 Å². The number of nitrogens with one attached hydrogen (secondary N) is 1. The van der Waals surface area contributed by atoms with Crippen LogP contribution in [-0.4, -0.2) is 59.4 Å². The molecule has 1 N–H and O–H groups in total. The van der Waals surface area contributed by atoms with Crippen molar-refractivity contribution in [3.63, 3.8) is 0 Å². The molecule has 2 fully saturated rings. The highest BCUT2D eigenvalue weighted by atomic mass is 16.2. The molecular formula is C19H30N4O3. The zero-order chi connectivity index (χ0) is 18.7. The second-order valence-electron chi connectivity index (χ2n) is 8.42. The molecule has 26 heavy (non-hydrogen) atoms. The van der Waals surface area contributed by atoms with Crippen molar-refractivity contribution in [2.75, 3.05) is 26.2 Å². The average molecular weight is 362 g/mol. The molecule has 0 unspecified atom stereocenters. The molecular weight excluding hydrogens is 332 g/mol. The number of likely N-dealkylation sites (tertiary alicyclic amines) is 2. The highest BCUT2D eigenvalue weighted by Crippen LogP contribution is 2.39. The maximum absolute atomic E-state index is 12.8. The molecule has 144 valence electrons. The van der Waals surface area contributed by atoms with Crippen molar-refractivity contribution in [3.05, 3.63) is 0 Å². The third-order valence-electron chi connectivity index (χ3n) is 5.82. The SMILES string of the molecule is CC(C)CCN1C[C@]2(CCCN(C(=O)C3=NNC(=O)CC3)C2)CCC1=O. The van der Waals surface area contributed by atoms with E-state index in [4.69, 9.17) is 0 Å². The van der Waals surface area contributed by atoms with Crippen LogP contribution in [0.4, 0.5) is 0 Å². The van der Waals surface area contributed by atoms with E-state index in [2.05, 4.69) is 24.4 Å². The highest BCUT2D eigenvalue weighted by molar-refractivity contribution is 6.39. The fraction of sp³-hybridized carbons (Fsp3) is 0.789. The second-order valence-corrected chi connectivity index (χ2v) is 8.42. The number of rotatable bonds is 4. The summed E-state index contributed by atoms with van der Waals surface area (Å²) in [4.78, 5) is 40.3. The molecule has 3 aliphatic rings. The Bertz CT molecular complexity index is 616. The van der Waals surface area contributed by atoms with Crippen LogP contribution >= 0.6 is 0 Å². The zero-order valence-corrected chi connectivity index (χ0v) is 15.9. The molecule has 0 saturated carbocycles. The molecule has 0 bridgehead atoms. The minimum atomic E-state index is -0.136. The Morgan fingerprint density at radius 1 is 1.19 bits per heavy atom. The smallest absolute Gasteiger partial charge is 0.270 e. The van der Waals surface area contributed by atoms with E-state index in [1.165, 1.54) is 0 Å². The van der Waals surface area contributed by atoms with E-state index < -0.39 is 0 Å². The van der Waals surface area contributed by atoms with Gasteiger partial charge in [0.05, 0.1) is 0 Å². The Balaban J connectivity index is 1.65. The molecule has 0 aromatic rings. The largest absolute Gasteiger partial charge is 0.342 e. The van der Waals surface area contributed by atoms with E-state index in [9.17, 15) is 14.4 Å². The van der Waals surface area contributed by atoms with Crippen molar-refractivity contribution in [2.45, 2.75) is 58.8 Å². The summed E-state index contributed by atoms with van der Waals surface area (Å²) in [6.45, 7) is 7.33. The minimum absolute atomic E-state index is 0.0112. The summed E-state index contributed by atoms with van der Waals surface area (Å²) in [6, 6.07) is 0. The van der Waals surface area contributed by atoms with Gasteiger partial charge in [0.1, 0.15) is 5.71 Å². The summed E-state index contributed by atoms with van der Waals surface area (Å²) in [5.74, 6) is 0.627. The lowest BCUT2D eigenvalue weighted by Crippen LogP contribution is -2.56. The standard InChI is InChI=1S/C19H30N4O3/c1-14(2)7-11-22-12-19(9-6-17(22)25)8-3-10-23(13-19)18(26)15-4-5-16(24)21-20-15/h14H,3-13H2,1-2H3,(H,21,24)/t19-/m0/s1. The first-order valence-corrected chi connectivity index (χ1v) is 9.81. The molecule has 0 aromatic carbocycles. The Hall–Kier alpha value is -1.92. The Morgan fingerprint density at radius 3 is 2.69 bits per heavy atom. The monoisotopic (exact) mass is 362 g/mol. The van der Waals surface area contributed by atoms with Crippen LogP contribution in [0.1, 0.15) is 58.8 Å². The van der Waals surface area contributed by atoms with E-state index in [0.717, 1.165) is 45.3 Å². The first kappa shape index (κ1) is 18.9. The summed E-state index contributed by atoms with van der Waals surface area (Å²) in [7, 11) is 0. The van der Waals surface area contributed by atoms with E-state index in [1.807, 2.05) is 9.80 Å². The lowest BCUT2D eigenvalue weighted by molar-refractivity contribution is -0.141. The molecule has 2 saturated heterocycles. The number of carbonyl (C=O) groups is 3. The van der Waals surface area contributed by atoms with Crippen LogP contribution in [0.5, 0.6) is 0 Å². The molecule has 0 radical (unpaired) electrons. The van der Waals surface area contributed by atoms with E-state index in [1.54, 1.807) is 0 Å². The van der Waals surface area contributed by atoms with Gasteiger partial charge in [-0.3, -0.25) is 14.4 Å². The molecule has 3 rings (SSSR count). The van der Waals surface area contributed by atoms with Crippen molar-refractivity contribution >= 4 is 23.4 Å². The number of nitrogens with zero attached hydrogens (tertiary/aromatic N) is 3. The van der Waals surface area contributed by atoms with Crippen LogP contribution < -0.4 is 5.43 Å². The topological polar surface area (TPSA) is 82.1 Å². The average Bonchev–Trinajstić information content (AvgIpc) is 2.63. The number of carbonyl (C=O) groups excluding carboxylic acids is 3. The maximum Gasteiger partial charge on any atom is 0.270 e. The molecule has 7 nitrogen and oxygen atoms in total. The Morgan fingerprint density at radius 2 is 2.00 bits per heavy atom. The summed E-state index contributed by atoms with van der Waals surface area (Å²) < 4.78 is 0. The van der Waals surface area contributed by atoms with Crippen molar-refractivity contribution in [1.29, 1.82) is 0 Å². The van der Waals surface area contributed by atoms with Crippen LogP contribution in [0.25, 0.3) is 0 Å². The Labute approximate surface area is 155 Å². The first-order chi connectivity index (χ1) is 12.4. The molecule has 3 amide bonds. The first-order valence-electron chi connectivity index (χ1n) is 9.81. The van der Waals surface area contributed by atoms with Crippen LogP contribution in [0.2, 0.25) is 0 Å². The van der Waals surface area contributed by atoms with Crippen molar-refractivity contribution in [2.24, 2.45) is 16.4 Å². The van der Waals surface area contributed by atoms with Crippen LogP contribution in [0.3, 0.4) is 0 Å². The minimum Gasteiger partial charge on any atom is -0.342 e. The fourth-order valence-corrected chi connectivity index (χ4v) is 4.25.